The van der Waals surface area contributed by atoms with E-state index >= 15 is 0 Å². The maximum Gasteiger partial charge on any atom is 0.239 e. The summed E-state index contributed by atoms with van der Waals surface area (Å²) in [4.78, 5) is 12.8. The maximum absolute atomic E-state index is 5.85. The Morgan fingerprint density at radius 3 is 2.61 bits per heavy atom. The van der Waals surface area contributed by atoms with Crippen molar-refractivity contribution in [1.82, 2.24) is 29.7 Å². The van der Waals surface area contributed by atoms with Gasteiger partial charge in [0.1, 0.15) is 5.75 Å². The molecular formula is C24H22ClN7O. The Labute approximate surface area is 195 Å². The van der Waals surface area contributed by atoms with Crippen molar-refractivity contribution in [3.8, 4) is 11.6 Å². The van der Waals surface area contributed by atoms with Crippen LogP contribution in [0.5, 0.6) is 11.6 Å². The van der Waals surface area contributed by atoms with Crippen LogP contribution in [0.1, 0.15) is 22.5 Å². The largest absolute Gasteiger partial charge is 0.437 e. The van der Waals surface area contributed by atoms with Gasteiger partial charge in [-0.15, -0.1) is 0 Å². The molecular weight excluding hydrogens is 438 g/mol. The molecule has 0 unspecified atom stereocenters. The highest BCUT2D eigenvalue weighted by Gasteiger charge is 2.10. The molecule has 166 valence electrons. The van der Waals surface area contributed by atoms with Gasteiger partial charge in [-0.1, -0.05) is 29.8 Å². The van der Waals surface area contributed by atoms with Gasteiger partial charge in [0, 0.05) is 25.7 Å². The zero-order valence-corrected chi connectivity index (χ0v) is 19.0. The molecule has 0 atom stereocenters. The molecule has 0 spiro atoms. The van der Waals surface area contributed by atoms with Crippen LogP contribution < -0.4 is 10.1 Å². The molecule has 0 saturated heterocycles. The van der Waals surface area contributed by atoms with Crippen molar-refractivity contribution in [2.75, 3.05) is 5.32 Å². The highest BCUT2D eigenvalue weighted by atomic mass is 35.5. The van der Waals surface area contributed by atoms with Crippen molar-refractivity contribution in [3.05, 3.63) is 88.6 Å². The summed E-state index contributed by atoms with van der Waals surface area (Å²) >= 11 is 5.85. The van der Waals surface area contributed by atoms with E-state index in [0.29, 0.717) is 23.3 Å². The van der Waals surface area contributed by atoms with Gasteiger partial charge in [-0.3, -0.25) is 10.1 Å². The number of aromatic nitrogens is 6. The molecule has 0 fully saturated rings. The molecule has 3 heterocycles. The summed E-state index contributed by atoms with van der Waals surface area (Å²) in [5, 5.41) is 11.0. The topological polar surface area (TPSA) is 93.5 Å². The molecule has 0 amide bonds. The van der Waals surface area contributed by atoms with E-state index in [0.717, 1.165) is 40.4 Å². The number of benzene rings is 2. The maximum atomic E-state index is 5.85. The number of aryl methyl sites for hydroxylation is 2. The van der Waals surface area contributed by atoms with Crippen LogP contribution in [0.3, 0.4) is 0 Å². The van der Waals surface area contributed by atoms with Crippen molar-refractivity contribution < 1.29 is 4.74 Å². The quantitative estimate of drug-likeness (QED) is 0.354. The number of imidazole rings is 1. The minimum absolute atomic E-state index is 0.291. The first-order valence-corrected chi connectivity index (χ1v) is 10.9. The highest BCUT2D eigenvalue weighted by Crippen LogP contribution is 2.23. The number of nitrogens with one attached hydrogen (secondary N) is 2. The van der Waals surface area contributed by atoms with Crippen molar-refractivity contribution >= 4 is 28.6 Å². The lowest BCUT2D eigenvalue weighted by Crippen LogP contribution is -2.05. The molecule has 0 saturated carbocycles. The Kier molecular flexibility index (Phi) is 5.66. The van der Waals surface area contributed by atoms with Crippen LogP contribution in [0.4, 0.5) is 5.95 Å². The Hall–Kier alpha value is -3.91. The fraction of sp³-hybridized carbons (Fsp3) is 0.167. The van der Waals surface area contributed by atoms with Crippen LogP contribution in [0.25, 0.3) is 11.0 Å². The number of fused-ring (bicyclic) bond motifs is 1. The van der Waals surface area contributed by atoms with Gasteiger partial charge in [-0.2, -0.15) is 10.1 Å². The van der Waals surface area contributed by atoms with Crippen LogP contribution >= 0.6 is 11.6 Å². The second kappa shape index (κ2) is 8.91. The number of aromatic amines is 1. The van der Waals surface area contributed by atoms with Crippen LogP contribution in [-0.2, 0) is 20.0 Å². The molecule has 8 nitrogen and oxygen atoms in total. The molecule has 0 bridgehead atoms. The molecule has 33 heavy (non-hydrogen) atoms. The Bertz CT molecular complexity index is 1410. The first-order chi connectivity index (χ1) is 16.0. The third-order valence-corrected chi connectivity index (χ3v) is 5.45. The van der Waals surface area contributed by atoms with Gasteiger partial charge in [0.2, 0.25) is 11.8 Å². The van der Waals surface area contributed by atoms with Crippen molar-refractivity contribution in [2.45, 2.75) is 19.9 Å². The van der Waals surface area contributed by atoms with Gasteiger partial charge in [-0.05, 0) is 48.4 Å². The van der Waals surface area contributed by atoms with E-state index in [1.165, 1.54) is 18.0 Å². The molecule has 9 heteroatoms. The average Bonchev–Trinajstić information content (AvgIpc) is 3.36. The third kappa shape index (κ3) is 4.80. The predicted octanol–water partition coefficient (Wildman–Crippen LogP) is 5.04. The van der Waals surface area contributed by atoms with Crippen molar-refractivity contribution in [2.24, 2.45) is 7.05 Å². The lowest BCUT2D eigenvalue weighted by molar-refractivity contribution is 0.460. The average molecular weight is 460 g/mol. The predicted molar refractivity (Wildman–Crippen MR) is 128 cm³/mol. The minimum Gasteiger partial charge on any atom is -0.437 e. The summed E-state index contributed by atoms with van der Waals surface area (Å²) in [7, 11) is 2.02. The van der Waals surface area contributed by atoms with Crippen molar-refractivity contribution in [1.29, 1.82) is 0 Å². The summed E-state index contributed by atoms with van der Waals surface area (Å²) in [5.74, 6) is 1.83. The zero-order chi connectivity index (χ0) is 22.8. The SMILES string of the molecule is Cc1cc(Cc2ccc3nc(NCc4ccc(Oc5cncc(Cl)n5)cc4)n(C)c3c2)n[nH]1. The van der Waals surface area contributed by atoms with Crippen LogP contribution in [0.15, 0.2) is 60.9 Å². The number of rotatable bonds is 7. The molecule has 0 aliphatic heterocycles. The number of nitrogens with zero attached hydrogens (tertiary/aromatic N) is 5. The van der Waals surface area contributed by atoms with Gasteiger partial charge in [-0.25, -0.2) is 4.98 Å². The fourth-order valence-corrected chi connectivity index (χ4v) is 3.77. The van der Waals surface area contributed by atoms with Crippen LogP contribution in [-0.4, -0.2) is 29.7 Å². The number of anilines is 1. The second-order valence-electron chi connectivity index (χ2n) is 7.82. The lowest BCUT2D eigenvalue weighted by atomic mass is 10.1. The number of ether oxygens (including phenoxy) is 1. The van der Waals surface area contributed by atoms with E-state index < -0.39 is 0 Å². The summed E-state index contributed by atoms with van der Waals surface area (Å²) in [5.41, 5.74) is 6.42. The Morgan fingerprint density at radius 1 is 1.03 bits per heavy atom. The molecule has 2 N–H and O–H groups in total. The molecule has 0 radical (unpaired) electrons. The first-order valence-electron chi connectivity index (χ1n) is 10.5. The second-order valence-corrected chi connectivity index (χ2v) is 8.20. The molecule has 5 rings (SSSR count). The van der Waals surface area contributed by atoms with Crippen LogP contribution in [0.2, 0.25) is 5.15 Å². The molecule has 0 aliphatic rings. The van der Waals surface area contributed by atoms with Gasteiger partial charge in [0.25, 0.3) is 0 Å². The molecule has 2 aromatic carbocycles. The number of hydrogen-bond donors (Lipinski definition) is 2. The summed E-state index contributed by atoms with van der Waals surface area (Å²) in [6.45, 7) is 2.64. The van der Waals surface area contributed by atoms with E-state index in [1.807, 2.05) is 38.2 Å². The first kappa shape index (κ1) is 21.0. The standard InChI is InChI=1S/C24H22ClN7O/c1-15-9-18(31-30-15)10-17-5-8-20-21(11-17)32(2)24(28-20)27-12-16-3-6-19(7-4-16)33-23-14-26-13-22(25)29-23/h3-9,11,13-14H,10,12H2,1-2H3,(H,27,28)(H,30,31). The summed E-state index contributed by atoms with van der Waals surface area (Å²) in [6.07, 6.45) is 3.77. The van der Waals surface area contributed by atoms with E-state index in [9.17, 15) is 0 Å². The number of hydrogen-bond acceptors (Lipinski definition) is 6. The molecule has 5 aromatic rings. The molecule has 0 aliphatic carbocycles. The monoisotopic (exact) mass is 459 g/mol. The third-order valence-electron chi connectivity index (χ3n) is 5.27. The highest BCUT2D eigenvalue weighted by molar-refractivity contribution is 6.29. The summed E-state index contributed by atoms with van der Waals surface area (Å²) < 4.78 is 7.76. The lowest BCUT2D eigenvalue weighted by Gasteiger charge is -2.08. The van der Waals surface area contributed by atoms with Gasteiger partial charge in [0.05, 0.1) is 29.1 Å². The van der Waals surface area contributed by atoms with E-state index in [4.69, 9.17) is 21.3 Å². The zero-order valence-electron chi connectivity index (χ0n) is 18.2. The van der Waals surface area contributed by atoms with Gasteiger partial charge in [0.15, 0.2) is 5.15 Å². The van der Waals surface area contributed by atoms with Gasteiger partial charge < -0.3 is 14.6 Å². The molecule has 3 aromatic heterocycles. The van der Waals surface area contributed by atoms with E-state index in [1.54, 1.807) is 0 Å². The Morgan fingerprint density at radius 2 is 1.85 bits per heavy atom. The number of halogens is 1. The van der Waals surface area contributed by atoms with Crippen LogP contribution in [0, 0.1) is 6.92 Å². The van der Waals surface area contributed by atoms with Crippen molar-refractivity contribution in [3.63, 3.8) is 0 Å². The Balaban J connectivity index is 1.25. The minimum atomic E-state index is 0.291. The van der Waals surface area contributed by atoms with E-state index in [-0.39, 0.29) is 0 Å². The summed E-state index contributed by atoms with van der Waals surface area (Å²) in [6, 6.07) is 16.2. The van der Waals surface area contributed by atoms with E-state index in [2.05, 4.69) is 54.3 Å². The van der Waals surface area contributed by atoms with Gasteiger partial charge >= 0.3 is 0 Å². The number of H-pyrrole nitrogens is 1. The fourth-order valence-electron chi connectivity index (χ4n) is 3.63. The normalized spacial score (nSPS) is 11.1. The smallest absolute Gasteiger partial charge is 0.239 e.